The van der Waals surface area contributed by atoms with Crippen molar-refractivity contribution in [2.24, 2.45) is 0 Å². The number of thioether (sulfide) groups is 1. The van der Waals surface area contributed by atoms with Crippen LogP contribution in [0.4, 0.5) is 5.69 Å². The first kappa shape index (κ1) is 17.1. The van der Waals surface area contributed by atoms with Crippen LogP contribution in [0.25, 0.3) is 0 Å². The highest BCUT2D eigenvalue weighted by atomic mass is 79.9. The second kappa shape index (κ2) is 7.44. The molecule has 3 rings (SSSR count). The van der Waals surface area contributed by atoms with E-state index in [4.69, 9.17) is 9.15 Å². The van der Waals surface area contributed by atoms with Crippen molar-refractivity contribution in [3.05, 3.63) is 46.8 Å². The molecule has 1 amide bonds. The summed E-state index contributed by atoms with van der Waals surface area (Å²) in [6, 6.07) is 10.9. The highest BCUT2D eigenvalue weighted by Gasteiger charge is 2.25. The van der Waals surface area contributed by atoms with Crippen LogP contribution in [-0.2, 0) is 9.53 Å². The predicted octanol–water partition coefficient (Wildman–Crippen LogP) is 4.12. The van der Waals surface area contributed by atoms with Crippen molar-refractivity contribution in [1.29, 1.82) is 0 Å². The summed E-state index contributed by atoms with van der Waals surface area (Å²) in [6.45, 7) is 2.43. The summed E-state index contributed by atoms with van der Waals surface area (Å²) in [5, 5.41) is 0.423. The van der Waals surface area contributed by atoms with Crippen molar-refractivity contribution < 1.29 is 18.7 Å². The van der Waals surface area contributed by atoms with Crippen molar-refractivity contribution in [3.63, 3.8) is 0 Å². The fourth-order valence-electron chi connectivity index (χ4n) is 2.45. The van der Waals surface area contributed by atoms with E-state index >= 15 is 0 Å². The van der Waals surface area contributed by atoms with E-state index in [2.05, 4.69) is 22.9 Å². The highest BCUT2D eigenvalue weighted by molar-refractivity contribution is 9.10. The zero-order valence-electron chi connectivity index (χ0n) is 13.0. The van der Waals surface area contributed by atoms with Crippen LogP contribution in [0.2, 0.25) is 0 Å². The van der Waals surface area contributed by atoms with E-state index in [0.29, 0.717) is 16.5 Å². The van der Waals surface area contributed by atoms with E-state index in [-0.39, 0.29) is 18.3 Å². The van der Waals surface area contributed by atoms with Gasteiger partial charge in [0.1, 0.15) is 0 Å². The Balaban J connectivity index is 1.69. The summed E-state index contributed by atoms with van der Waals surface area (Å²) in [7, 11) is 0. The van der Waals surface area contributed by atoms with Gasteiger partial charge in [0, 0.05) is 16.7 Å². The summed E-state index contributed by atoms with van der Waals surface area (Å²) in [5.41, 5.74) is 0.869. The lowest BCUT2D eigenvalue weighted by Crippen LogP contribution is -2.35. The van der Waals surface area contributed by atoms with E-state index in [1.54, 1.807) is 22.7 Å². The van der Waals surface area contributed by atoms with Crippen molar-refractivity contribution >= 4 is 45.3 Å². The molecule has 0 N–H and O–H groups in total. The average Bonchev–Trinajstić information content (AvgIpc) is 2.92. The summed E-state index contributed by atoms with van der Waals surface area (Å²) in [6.07, 6.45) is 0.879. The predicted molar refractivity (Wildman–Crippen MR) is 95.4 cm³/mol. The van der Waals surface area contributed by atoms with Gasteiger partial charge in [-0.15, -0.1) is 11.8 Å². The molecule has 5 nitrogen and oxygen atoms in total. The zero-order chi connectivity index (χ0) is 17.1. The Bertz CT molecular complexity index is 761. The van der Waals surface area contributed by atoms with Crippen LogP contribution < -0.4 is 4.90 Å². The van der Waals surface area contributed by atoms with Crippen LogP contribution in [0.15, 0.2) is 50.4 Å². The van der Waals surface area contributed by atoms with Crippen LogP contribution in [0.5, 0.6) is 0 Å². The molecule has 0 radical (unpaired) electrons. The van der Waals surface area contributed by atoms with Crippen LogP contribution >= 0.6 is 27.7 Å². The Morgan fingerprint density at radius 3 is 2.88 bits per heavy atom. The third-order valence-corrected chi connectivity index (χ3v) is 5.31. The number of furan rings is 1. The van der Waals surface area contributed by atoms with Gasteiger partial charge in [0.25, 0.3) is 5.91 Å². The van der Waals surface area contributed by atoms with Crippen molar-refractivity contribution in [1.82, 2.24) is 0 Å². The molecule has 2 aromatic rings. The van der Waals surface area contributed by atoms with Gasteiger partial charge in [-0.2, -0.15) is 0 Å². The summed E-state index contributed by atoms with van der Waals surface area (Å²) in [5.74, 6) is -0.828. The summed E-state index contributed by atoms with van der Waals surface area (Å²) >= 11 is 4.88. The molecule has 2 heterocycles. The number of para-hydroxylation sites is 1. The lowest BCUT2D eigenvalue weighted by Gasteiger charge is -2.22. The zero-order valence-corrected chi connectivity index (χ0v) is 15.4. The van der Waals surface area contributed by atoms with Gasteiger partial charge in [-0.25, -0.2) is 4.79 Å². The van der Waals surface area contributed by atoms with Gasteiger partial charge in [-0.1, -0.05) is 19.1 Å². The van der Waals surface area contributed by atoms with Crippen molar-refractivity contribution in [2.75, 3.05) is 18.1 Å². The number of esters is 1. The van der Waals surface area contributed by atoms with Gasteiger partial charge in [-0.3, -0.25) is 4.79 Å². The largest absolute Gasteiger partial charge is 0.450 e. The number of nitrogens with zero attached hydrogens (tertiary/aromatic N) is 1. The first-order valence-electron chi connectivity index (χ1n) is 7.53. The number of hydrogen-bond donors (Lipinski definition) is 0. The van der Waals surface area contributed by atoms with Gasteiger partial charge >= 0.3 is 5.97 Å². The fourth-order valence-corrected chi connectivity index (χ4v) is 3.87. The van der Waals surface area contributed by atoms with Crippen LogP contribution in [0, 0.1) is 0 Å². The van der Waals surface area contributed by atoms with Gasteiger partial charge < -0.3 is 14.1 Å². The molecule has 1 aliphatic heterocycles. The number of fused-ring (bicyclic) bond motifs is 1. The molecule has 0 fully saturated rings. The number of anilines is 1. The van der Waals surface area contributed by atoms with Crippen LogP contribution in [-0.4, -0.2) is 30.3 Å². The van der Waals surface area contributed by atoms with E-state index in [0.717, 1.165) is 17.0 Å². The molecule has 0 unspecified atom stereocenters. The first-order chi connectivity index (χ1) is 11.5. The third-order valence-electron chi connectivity index (χ3n) is 3.65. The van der Waals surface area contributed by atoms with Crippen LogP contribution in [0.1, 0.15) is 23.9 Å². The molecule has 1 aromatic carbocycles. The average molecular weight is 410 g/mol. The number of halogens is 1. The number of ether oxygens (including phenoxy) is 1. The number of carbonyl (C=O) groups excluding carboxylic acids is 2. The lowest BCUT2D eigenvalue weighted by atomic mass is 10.2. The molecular formula is C17H16BrNO4S. The quantitative estimate of drug-likeness (QED) is 0.713. The number of hydrogen-bond acceptors (Lipinski definition) is 5. The Hall–Kier alpha value is -1.73. The Morgan fingerprint density at radius 1 is 1.33 bits per heavy atom. The number of rotatable bonds is 3. The topological polar surface area (TPSA) is 59.8 Å². The Morgan fingerprint density at radius 2 is 2.12 bits per heavy atom. The molecule has 0 saturated heterocycles. The van der Waals surface area contributed by atoms with Gasteiger partial charge in [0.05, 0.1) is 5.69 Å². The number of benzene rings is 1. The highest BCUT2D eigenvalue weighted by Crippen LogP contribution is 2.37. The second-order valence-electron chi connectivity index (χ2n) is 5.41. The fraction of sp³-hybridized carbons (Fsp3) is 0.294. The second-order valence-corrected chi connectivity index (χ2v) is 7.67. The van der Waals surface area contributed by atoms with E-state index < -0.39 is 5.97 Å². The minimum absolute atomic E-state index is 0.0649. The van der Waals surface area contributed by atoms with E-state index in [9.17, 15) is 9.59 Å². The van der Waals surface area contributed by atoms with E-state index in [1.807, 2.05) is 24.3 Å². The molecule has 1 aliphatic rings. The van der Waals surface area contributed by atoms with Gasteiger partial charge in [-0.05, 0) is 46.6 Å². The Kier molecular flexibility index (Phi) is 5.30. The summed E-state index contributed by atoms with van der Waals surface area (Å²) in [4.78, 5) is 27.2. The SMILES string of the molecule is C[C@@H]1CCN(C(=O)COC(=O)c2ccc(Br)o2)c2ccccc2S1. The number of amides is 1. The van der Waals surface area contributed by atoms with Crippen molar-refractivity contribution in [3.8, 4) is 0 Å². The number of carbonyl (C=O) groups is 2. The van der Waals surface area contributed by atoms with Gasteiger partial charge in [0.2, 0.25) is 5.76 Å². The molecule has 24 heavy (non-hydrogen) atoms. The minimum Gasteiger partial charge on any atom is -0.450 e. The first-order valence-corrected chi connectivity index (χ1v) is 9.20. The maximum atomic E-state index is 12.6. The molecule has 1 atom stereocenters. The van der Waals surface area contributed by atoms with E-state index in [1.165, 1.54) is 6.07 Å². The molecule has 0 spiro atoms. The molecular weight excluding hydrogens is 394 g/mol. The minimum atomic E-state index is -0.653. The molecule has 0 bridgehead atoms. The molecule has 126 valence electrons. The van der Waals surface area contributed by atoms with Crippen LogP contribution in [0.3, 0.4) is 0 Å². The molecule has 7 heteroatoms. The van der Waals surface area contributed by atoms with Crippen molar-refractivity contribution in [2.45, 2.75) is 23.5 Å². The molecule has 0 saturated carbocycles. The maximum absolute atomic E-state index is 12.6. The normalized spacial score (nSPS) is 17.1. The molecule has 0 aliphatic carbocycles. The monoisotopic (exact) mass is 409 g/mol. The smallest absolute Gasteiger partial charge is 0.374 e. The lowest BCUT2D eigenvalue weighted by molar-refractivity contribution is -0.121. The van der Waals surface area contributed by atoms with Gasteiger partial charge in [0.15, 0.2) is 11.3 Å². The maximum Gasteiger partial charge on any atom is 0.374 e. The Labute approximate surface area is 152 Å². The molecule has 1 aromatic heterocycles. The third kappa shape index (κ3) is 3.84. The standard InChI is InChI=1S/C17H16BrNO4S/c1-11-8-9-19(12-4-2-3-5-14(12)24-11)16(20)10-22-17(21)13-6-7-15(18)23-13/h2-7,11H,8-10H2,1H3/t11-/m1/s1. The summed E-state index contributed by atoms with van der Waals surface area (Å²) < 4.78 is 10.7.